The summed E-state index contributed by atoms with van der Waals surface area (Å²) in [6, 6.07) is 73.7. The zero-order valence-corrected chi connectivity index (χ0v) is 31.4. The van der Waals surface area contributed by atoms with E-state index in [1.807, 2.05) is 6.07 Å². The van der Waals surface area contributed by atoms with Crippen molar-refractivity contribution in [3.8, 4) is 33.4 Å². The van der Waals surface area contributed by atoms with E-state index in [2.05, 4.69) is 224 Å². The average Bonchev–Trinajstić information content (AvgIpc) is 3.76. The van der Waals surface area contributed by atoms with Crippen molar-refractivity contribution in [3.63, 3.8) is 0 Å². The Morgan fingerprint density at radius 1 is 0.375 bits per heavy atom. The lowest BCUT2D eigenvalue weighted by Crippen LogP contribution is -2.16. The normalized spacial score (nSPS) is 12.6. The summed E-state index contributed by atoms with van der Waals surface area (Å²) in [6.45, 7) is 4.56. The molecule has 0 saturated carbocycles. The highest BCUT2D eigenvalue weighted by molar-refractivity contribution is 6.01. The van der Waals surface area contributed by atoms with E-state index in [9.17, 15) is 0 Å². The van der Waals surface area contributed by atoms with Crippen molar-refractivity contribution in [3.05, 3.63) is 218 Å². The maximum absolute atomic E-state index is 6.54. The Morgan fingerprint density at radius 3 is 1.29 bits per heavy atom. The van der Waals surface area contributed by atoms with Crippen molar-refractivity contribution >= 4 is 45.1 Å². The van der Waals surface area contributed by atoms with Gasteiger partial charge in [0.15, 0.2) is 0 Å². The molecule has 0 fully saturated rings. The number of fused-ring (bicyclic) bond motifs is 5. The summed E-state index contributed by atoms with van der Waals surface area (Å²) >= 11 is 0. The van der Waals surface area contributed by atoms with Gasteiger partial charge in [0.2, 0.25) is 0 Å². The number of furan rings is 1. The van der Waals surface area contributed by atoms with Gasteiger partial charge in [-0.2, -0.15) is 0 Å². The SMILES string of the molecule is CC1(C)c2cc(N(c3ccc(-c4ccccc4)cc3)c3ccc(-c4ccc(N(c5ccccc5)c5ccccc5)cc4)cc3)ccc2-c2c1oc1ccccc21. The predicted octanol–water partition coefficient (Wildman–Crippen LogP) is 15.0. The fraction of sp³-hybridized carbons (Fsp3) is 0.0566. The molecule has 0 unspecified atom stereocenters. The Morgan fingerprint density at radius 2 is 0.768 bits per heavy atom. The van der Waals surface area contributed by atoms with Crippen LogP contribution in [0.15, 0.2) is 211 Å². The van der Waals surface area contributed by atoms with Gasteiger partial charge in [-0.05, 0) is 126 Å². The van der Waals surface area contributed by atoms with Gasteiger partial charge in [-0.1, -0.05) is 127 Å². The molecule has 10 rings (SSSR count). The number of para-hydroxylation sites is 3. The van der Waals surface area contributed by atoms with Crippen LogP contribution in [0.4, 0.5) is 34.1 Å². The summed E-state index contributed by atoms with van der Waals surface area (Å²) in [5.41, 5.74) is 15.8. The molecule has 3 heteroatoms. The predicted molar refractivity (Wildman–Crippen MR) is 234 cm³/mol. The van der Waals surface area contributed by atoms with Crippen LogP contribution in [0.25, 0.3) is 44.3 Å². The van der Waals surface area contributed by atoms with Crippen LogP contribution in [0.2, 0.25) is 0 Å². The van der Waals surface area contributed by atoms with E-state index in [1.54, 1.807) is 0 Å². The zero-order valence-electron chi connectivity index (χ0n) is 31.4. The second-order valence-corrected chi connectivity index (χ2v) is 15.0. The van der Waals surface area contributed by atoms with E-state index < -0.39 is 0 Å². The summed E-state index contributed by atoms with van der Waals surface area (Å²) in [4.78, 5) is 4.66. The van der Waals surface area contributed by atoms with Gasteiger partial charge >= 0.3 is 0 Å². The molecule has 3 nitrogen and oxygen atoms in total. The first-order valence-electron chi connectivity index (χ1n) is 19.3. The number of hydrogen-bond donors (Lipinski definition) is 0. The molecule has 1 aliphatic carbocycles. The third-order valence-corrected chi connectivity index (χ3v) is 11.2. The molecule has 0 atom stereocenters. The number of hydrogen-bond acceptors (Lipinski definition) is 3. The second kappa shape index (κ2) is 13.6. The second-order valence-electron chi connectivity index (χ2n) is 15.0. The molecule has 0 spiro atoms. The van der Waals surface area contributed by atoms with Crippen molar-refractivity contribution in [2.24, 2.45) is 0 Å². The van der Waals surface area contributed by atoms with Gasteiger partial charge in [-0.25, -0.2) is 0 Å². The average molecular weight is 721 g/mol. The lowest BCUT2D eigenvalue weighted by Gasteiger charge is -2.28. The van der Waals surface area contributed by atoms with Crippen LogP contribution in [0, 0.1) is 0 Å². The Hall–Kier alpha value is -7.10. The van der Waals surface area contributed by atoms with E-state index >= 15 is 0 Å². The summed E-state index contributed by atoms with van der Waals surface area (Å²) in [5, 5.41) is 1.17. The first-order valence-corrected chi connectivity index (χ1v) is 19.3. The Bertz CT molecular complexity index is 2750. The van der Waals surface area contributed by atoms with Gasteiger partial charge in [-0.3, -0.25) is 0 Å². The highest BCUT2D eigenvalue weighted by Crippen LogP contribution is 2.54. The maximum Gasteiger partial charge on any atom is 0.134 e. The minimum Gasteiger partial charge on any atom is -0.459 e. The molecule has 0 saturated heterocycles. The summed E-state index contributed by atoms with van der Waals surface area (Å²) in [5.74, 6) is 1.04. The Kier molecular flexibility index (Phi) is 8.15. The molecule has 56 heavy (non-hydrogen) atoms. The van der Waals surface area contributed by atoms with Gasteiger partial charge in [-0.15, -0.1) is 0 Å². The van der Waals surface area contributed by atoms with Crippen molar-refractivity contribution in [2.75, 3.05) is 9.80 Å². The van der Waals surface area contributed by atoms with Crippen LogP contribution in [-0.2, 0) is 5.41 Å². The third-order valence-electron chi connectivity index (χ3n) is 11.2. The lowest BCUT2D eigenvalue weighted by molar-refractivity contribution is 0.465. The molecule has 0 bridgehead atoms. The molecular formula is C53H40N2O. The van der Waals surface area contributed by atoms with Crippen LogP contribution < -0.4 is 9.80 Å². The van der Waals surface area contributed by atoms with Crippen molar-refractivity contribution in [1.82, 2.24) is 0 Å². The molecule has 9 aromatic rings. The van der Waals surface area contributed by atoms with Crippen LogP contribution in [0.3, 0.4) is 0 Å². The molecule has 268 valence electrons. The molecule has 1 aromatic heterocycles. The molecule has 0 amide bonds. The van der Waals surface area contributed by atoms with Crippen molar-refractivity contribution in [2.45, 2.75) is 19.3 Å². The minimum atomic E-state index is -0.283. The first-order chi connectivity index (χ1) is 27.5. The molecule has 1 heterocycles. The van der Waals surface area contributed by atoms with Gasteiger partial charge in [0.05, 0.1) is 0 Å². The number of benzene rings is 8. The van der Waals surface area contributed by atoms with Gasteiger partial charge in [0, 0.05) is 50.5 Å². The molecule has 8 aromatic carbocycles. The fourth-order valence-electron chi connectivity index (χ4n) is 8.37. The summed E-state index contributed by atoms with van der Waals surface area (Å²) < 4.78 is 6.54. The monoisotopic (exact) mass is 720 g/mol. The van der Waals surface area contributed by atoms with Crippen LogP contribution >= 0.6 is 0 Å². The van der Waals surface area contributed by atoms with Gasteiger partial charge in [0.1, 0.15) is 11.3 Å². The van der Waals surface area contributed by atoms with Gasteiger partial charge in [0.25, 0.3) is 0 Å². The van der Waals surface area contributed by atoms with E-state index in [0.717, 1.165) is 51.0 Å². The van der Waals surface area contributed by atoms with Crippen molar-refractivity contribution < 1.29 is 4.42 Å². The molecular weight excluding hydrogens is 681 g/mol. The van der Waals surface area contributed by atoms with Crippen LogP contribution in [0.5, 0.6) is 0 Å². The minimum absolute atomic E-state index is 0.283. The Labute approximate surface area is 328 Å². The van der Waals surface area contributed by atoms with Crippen molar-refractivity contribution in [1.29, 1.82) is 0 Å². The Balaban J connectivity index is 1.02. The van der Waals surface area contributed by atoms with Crippen LogP contribution in [0.1, 0.15) is 25.2 Å². The lowest BCUT2D eigenvalue weighted by atomic mass is 9.85. The van der Waals surface area contributed by atoms with Crippen LogP contribution in [-0.4, -0.2) is 0 Å². The number of anilines is 6. The summed E-state index contributed by atoms with van der Waals surface area (Å²) in [7, 11) is 0. The third kappa shape index (κ3) is 5.77. The van der Waals surface area contributed by atoms with E-state index in [1.165, 1.54) is 38.8 Å². The van der Waals surface area contributed by atoms with E-state index in [-0.39, 0.29) is 5.41 Å². The molecule has 0 radical (unpaired) electrons. The smallest absolute Gasteiger partial charge is 0.134 e. The molecule has 0 N–H and O–H groups in total. The van der Waals surface area contributed by atoms with Gasteiger partial charge < -0.3 is 14.2 Å². The highest BCUT2D eigenvalue weighted by atomic mass is 16.3. The summed E-state index contributed by atoms with van der Waals surface area (Å²) in [6.07, 6.45) is 0. The molecule has 0 aliphatic heterocycles. The largest absolute Gasteiger partial charge is 0.459 e. The molecule has 1 aliphatic rings. The van der Waals surface area contributed by atoms with E-state index in [0.29, 0.717) is 0 Å². The fourth-order valence-corrected chi connectivity index (χ4v) is 8.37. The van der Waals surface area contributed by atoms with E-state index in [4.69, 9.17) is 4.42 Å². The number of rotatable bonds is 8. The first kappa shape index (κ1) is 33.5. The zero-order chi connectivity index (χ0) is 37.6. The standard InChI is InChI=1S/C53H40N2O/c1-53(2)49-36-46(34-35-47(49)51-48-20-12-13-21-50(48)56-52(51)53)55(44-30-22-38(23-31-44)37-14-6-3-7-15-37)45-32-26-40(27-33-45)39-24-28-43(29-25-39)54(41-16-8-4-9-17-41)42-18-10-5-11-19-42/h3-36H,1-2H3. The maximum atomic E-state index is 6.54. The highest BCUT2D eigenvalue weighted by Gasteiger charge is 2.41. The number of nitrogens with zero attached hydrogens (tertiary/aromatic N) is 2. The topological polar surface area (TPSA) is 19.6 Å². The quantitative estimate of drug-likeness (QED) is 0.156.